The normalized spacial score (nSPS) is 18.8. The molecule has 28 heavy (non-hydrogen) atoms. The first kappa shape index (κ1) is 19.7. The lowest BCUT2D eigenvalue weighted by Crippen LogP contribution is -2.41. The zero-order valence-corrected chi connectivity index (χ0v) is 16.2. The maximum Gasteiger partial charge on any atom is 0.326 e. The van der Waals surface area contributed by atoms with Gasteiger partial charge in [0.25, 0.3) is 5.91 Å². The van der Waals surface area contributed by atoms with Gasteiger partial charge in [0.15, 0.2) is 0 Å². The zero-order chi connectivity index (χ0) is 20.3. The van der Waals surface area contributed by atoms with Gasteiger partial charge in [0.05, 0.1) is 7.11 Å². The molecule has 1 aliphatic rings. The zero-order valence-electron chi connectivity index (χ0n) is 15.4. The fraction of sp³-hybridized carbons (Fsp3) is 0.250. The van der Waals surface area contributed by atoms with Crippen molar-refractivity contribution in [3.8, 4) is 5.75 Å². The summed E-state index contributed by atoms with van der Waals surface area (Å²) in [5.41, 5.74) is -0.0167. The Morgan fingerprint density at radius 3 is 2.57 bits per heavy atom. The van der Waals surface area contributed by atoms with Crippen molar-refractivity contribution < 1.29 is 23.9 Å². The van der Waals surface area contributed by atoms with Crippen LogP contribution >= 0.6 is 11.6 Å². The molecule has 0 aromatic heterocycles. The lowest BCUT2D eigenvalue weighted by Gasteiger charge is -2.22. The predicted octanol–water partition coefficient (Wildman–Crippen LogP) is 2.86. The molecule has 2 aromatic rings. The summed E-state index contributed by atoms with van der Waals surface area (Å²) in [6.45, 7) is 1.02. The molecule has 0 radical (unpaired) electrons. The molecule has 0 aliphatic carbocycles. The third-order valence-corrected chi connectivity index (χ3v) is 4.78. The number of urea groups is 1. The summed E-state index contributed by atoms with van der Waals surface area (Å²) in [7, 11) is 1.49. The molecule has 0 spiro atoms. The topological polar surface area (TPSA) is 84.9 Å². The standard InChI is InChI=1S/C20H19ClN2O5/c1-20(14-6-4-3-5-7-14)18(25)23(19(26)22-20)11-17(24)28-12-13-10-15(21)8-9-16(13)27-2/h3-10H,11-12H2,1-2H3,(H,22,26)/t20-/m1/s1. The average Bonchev–Trinajstić information content (AvgIpc) is 2.91. The molecule has 3 rings (SSSR count). The smallest absolute Gasteiger partial charge is 0.326 e. The van der Waals surface area contributed by atoms with Gasteiger partial charge in [-0.3, -0.25) is 14.5 Å². The molecule has 1 fully saturated rings. The molecule has 0 saturated carbocycles. The molecule has 146 valence electrons. The number of rotatable bonds is 6. The SMILES string of the molecule is COc1ccc(Cl)cc1COC(=O)CN1C(=O)N[C@](C)(c2ccccc2)C1=O. The van der Waals surface area contributed by atoms with Gasteiger partial charge in [-0.25, -0.2) is 4.79 Å². The lowest BCUT2D eigenvalue weighted by atomic mass is 9.92. The molecule has 8 heteroatoms. The number of ether oxygens (including phenoxy) is 2. The summed E-state index contributed by atoms with van der Waals surface area (Å²) in [4.78, 5) is 38.1. The molecule has 0 bridgehead atoms. The number of benzene rings is 2. The number of carbonyl (C=O) groups is 3. The number of nitrogens with one attached hydrogen (secondary N) is 1. The Morgan fingerprint density at radius 1 is 1.18 bits per heavy atom. The number of hydrogen-bond donors (Lipinski definition) is 1. The van der Waals surface area contributed by atoms with Gasteiger partial charge in [0, 0.05) is 10.6 Å². The van der Waals surface area contributed by atoms with Crippen molar-refractivity contribution in [3.63, 3.8) is 0 Å². The van der Waals surface area contributed by atoms with Gasteiger partial charge in [0.2, 0.25) is 0 Å². The summed E-state index contributed by atoms with van der Waals surface area (Å²) in [5, 5.41) is 3.12. The van der Waals surface area contributed by atoms with E-state index >= 15 is 0 Å². The Labute approximate surface area is 167 Å². The minimum atomic E-state index is -1.23. The number of halogens is 1. The van der Waals surface area contributed by atoms with E-state index in [2.05, 4.69) is 5.32 Å². The summed E-state index contributed by atoms with van der Waals surface area (Å²) >= 11 is 5.95. The highest BCUT2D eigenvalue weighted by Gasteiger charge is 2.49. The van der Waals surface area contributed by atoms with Crippen LogP contribution in [0.4, 0.5) is 4.79 Å². The maximum absolute atomic E-state index is 12.8. The first-order chi connectivity index (χ1) is 13.3. The van der Waals surface area contributed by atoms with Gasteiger partial charge in [-0.1, -0.05) is 41.9 Å². The number of esters is 1. The minimum Gasteiger partial charge on any atom is -0.496 e. The van der Waals surface area contributed by atoms with E-state index in [9.17, 15) is 14.4 Å². The van der Waals surface area contributed by atoms with E-state index < -0.39 is 30.0 Å². The van der Waals surface area contributed by atoms with Crippen LogP contribution in [0.3, 0.4) is 0 Å². The number of methoxy groups -OCH3 is 1. The third-order valence-electron chi connectivity index (χ3n) is 4.54. The summed E-state index contributed by atoms with van der Waals surface area (Å²) in [5.74, 6) is -0.715. The highest BCUT2D eigenvalue weighted by atomic mass is 35.5. The lowest BCUT2D eigenvalue weighted by molar-refractivity contribution is -0.148. The quantitative estimate of drug-likeness (QED) is 0.593. The van der Waals surface area contributed by atoms with E-state index in [1.807, 2.05) is 6.07 Å². The summed E-state index contributed by atoms with van der Waals surface area (Å²) in [6, 6.07) is 13.1. The average molecular weight is 403 g/mol. The monoisotopic (exact) mass is 402 g/mol. The Bertz CT molecular complexity index is 918. The van der Waals surface area contributed by atoms with Crippen molar-refractivity contribution in [2.75, 3.05) is 13.7 Å². The fourth-order valence-electron chi connectivity index (χ4n) is 3.00. The van der Waals surface area contributed by atoms with E-state index in [0.717, 1.165) is 4.90 Å². The first-order valence-electron chi connectivity index (χ1n) is 8.53. The van der Waals surface area contributed by atoms with E-state index in [-0.39, 0.29) is 6.61 Å². The van der Waals surface area contributed by atoms with Crippen LogP contribution in [-0.2, 0) is 26.5 Å². The number of amides is 3. The van der Waals surface area contributed by atoms with Gasteiger partial charge >= 0.3 is 12.0 Å². The highest BCUT2D eigenvalue weighted by molar-refractivity contribution is 6.30. The van der Waals surface area contributed by atoms with Crippen LogP contribution in [0.25, 0.3) is 0 Å². The van der Waals surface area contributed by atoms with E-state index in [0.29, 0.717) is 21.9 Å². The third kappa shape index (κ3) is 3.80. The molecular formula is C20H19ClN2O5. The van der Waals surface area contributed by atoms with Crippen LogP contribution in [0, 0.1) is 0 Å². The van der Waals surface area contributed by atoms with Gasteiger partial charge in [-0.2, -0.15) is 0 Å². The van der Waals surface area contributed by atoms with Crippen LogP contribution in [0.2, 0.25) is 5.02 Å². The molecule has 3 amide bonds. The van der Waals surface area contributed by atoms with Crippen LogP contribution in [0.1, 0.15) is 18.1 Å². The molecule has 1 N–H and O–H groups in total. The van der Waals surface area contributed by atoms with Crippen LogP contribution in [0.15, 0.2) is 48.5 Å². The number of imide groups is 1. The first-order valence-corrected chi connectivity index (χ1v) is 8.90. The highest BCUT2D eigenvalue weighted by Crippen LogP contribution is 2.28. The van der Waals surface area contributed by atoms with Crippen molar-refractivity contribution in [1.82, 2.24) is 10.2 Å². The molecule has 2 aromatic carbocycles. The van der Waals surface area contributed by atoms with Gasteiger partial charge in [-0.15, -0.1) is 0 Å². The second-order valence-electron chi connectivity index (χ2n) is 6.43. The molecule has 1 atom stereocenters. The van der Waals surface area contributed by atoms with E-state index in [1.54, 1.807) is 49.4 Å². The summed E-state index contributed by atoms with van der Waals surface area (Å²) in [6.07, 6.45) is 0. The van der Waals surface area contributed by atoms with Crippen molar-refractivity contribution in [2.45, 2.75) is 19.1 Å². The van der Waals surface area contributed by atoms with Crippen LogP contribution < -0.4 is 10.1 Å². The molecule has 1 saturated heterocycles. The Balaban J connectivity index is 1.67. The Kier molecular flexibility index (Phi) is 5.56. The summed E-state index contributed by atoms with van der Waals surface area (Å²) < 4.78 is 10.4. The van der Waals surface area contributed by atoms with Crippen molar-refractivity contribution in [3.05, 3.63) is 64.7 Å². The van der Waals surface area contributed by atoms with E-state index in [4.69, 9.17) is 21.1 Å². The fourth-order valence-corrected chi connectivity index (χ4v) is 3.20. The second kappa shape index (κ2) is 7.90. The Hall–Kier alpha value is -3.06. The number of carbonyl (C=O) groups excluding carboxylic acids is 3. The van der Waals surface area contributed by atoms with Crippen LogP contribution in [0.5, 0.6) is 5.75 Å². The second-order valence-corrected chi connectivity index (χ2v) is 6.87. The molecule has 1 aliphatic heterocycles. The van der Waals surface area contributed by atoms with Crippen LogP contribution in [-0.4, -0.2) is 36.5 Å². The van der Waals surface area contributed by atoms with E-state index in [1.165, 1.54) is 7.11 Å². The predicted molar refractivity (Wildman–Crippen MR) is 102 cm³/mol. The van der Waals surface area contributed by atoms with Crippen molar-refractivity contribution >= 4 is 29.5 Å². The molecule has 7 nitrogen and oxygen atoms in total. The largest absolute Gasteiger partial charge is 0.496 e. The number of nitrogens with zero attached hydrogens (tertiary/aromatic N) is 1. The Morgan fingerprint density at radius 2 is 1.89 bits per heavy atom. The number of hydrogen-bond acceptors (Lipinski definition) is 5. The molecular weight excluding hydrogens is 384 g/mol. The maximum atomic E-state index is 12.8. The van der Waals surface area contributed by atoms with Crippen molar-refractivity contribution in [1.29, 1.82) is 0 Å². The molecule has 0 unspecified atom stereocenters. The van der Waals surface area contributed by atoms with Crippen molar-refractivity contribution in [2.24, 2.45) is 0 Å². The van der Waals surface area contributed by atoms with Gasteiger partial charge < -0.3 is 14.8 Å². The minimum absolute atomic E-state index is 0.0951. The van der Waals surface area contributed by atoms with Gasteiger partial charge in [-0.05, 0) is 30.7 Å². The molecule has 1 heterocycles. The van der Waals surface area contributed by atoms with Gasteiger partial charge in [0.1, 0.15) is 24.4 Å².